The number of carbonyl (C=O) groups excluding carboxylic acids is 1. The second-order valence-corrected chi connectivity index (χ2v) is 10.9. The molecule has 0 spiro atoms. The van der Waals surface area contributed by atoms with Crippen LogP contribution in [0.2, 0.25) is 5.02 Å². The van der Waals surface area contributed by atoms with Crippen molar-refractivity contribution < 1.29 is 23.5 Å². The molecule has 1 amide bonds. The molecule has 2 aliphatic heterocycles. The molecule has 218 valence electrons. The van der Waals surface area contributed by atoms with E-state index in [1.54, 1.807) is 25.3 Å². The maximum Gasteiger partial charge on any atom is 0.254 e. The summed E-state index contributed by atoms with van der Waals surface area (Å²) < 4.78 is 22.1. The Morgan fingerprint density at radius 1 is 1.10 bits per heavy atom. The highest BCUT2D eigenvalue weighted by molar-refractivity contribution is 6.33. The van der Waals surface area contributed by atoms with Crippen molar-refractivity contribution >= 4 is 23.5 Å². The van der Waals surface area contributed by atoms with Crippen LogP contribution in [0.15, 0.2) is 53.2 Å². The second kappa shape index (κ2) is 12.0. The molecule has 1 fully saturated rings. The first-order chi connectivity index (χ1) is 20.4. The van der Waals surface area contributed by atoms with Crippen molar-refractivity contribution in [1.29, 1.82) is 0 Å². The zero-order chi connectivity index (χ0) is 29.2. The summed E-state index contributed by atoms with van der Waals surface area (Å²) in [4.78, 5) is 26.9. The summed E-state index contributed by atoms with van der Waals surface area (Å²) in [5, 5.41) is 4.34. The smallest absolute Gasteiger partial charge is 0.254 e. The van der Waals surface area contributed by atoms with E-state index in [1.807, 2.05) is 49.4 Å². The fourth-order valence-corrected chi connectivity index (χ4v) is 5.74. The van der Waals surface area contributed by atoms with Gasteiger partial charge in [0.05, 0.1) is 43.4 Å². The molecule has 2 aromatic carbocycles. The van der Waals surface area contributed by atoms with Crippen LogP contribution in [0.4, 0.5) is 5.95 Å². The number of fused-ring (bicyclic) bond motifs is 1. The van der Waals surface area contributed by atoms with Crippen LogP contribution in [0, 0.1) is 6.92 Å². The minimum absolute atomic E-state index is 0.0678. The lowest BCUT2D eigenvalue weighted by Gasteiger charge is -2.35. The third kappa shape index (κ3) is 5.64. The highest BCUT2D eigenvalue weighted by Gasteiger charge is 2.30. The number of carbonyl (C=O) groups is 1. The molecule has 4 aromatic rings. The maximum atomic E-state index is 13.3. The average Bonchev–Trinajstić information content (AvgIpc) is 3.57. The largest absolute Gasteiger partial charge is 0.497 e. The Morgan fingerprint density at radius 3 is 2.67 bits per heavy atom. The molecule has 6 rings (SSSR count). The van der Waals surface area contributed by atoms with Crippen LogP contribution >= 0.6 is 11.6 Å². The van der Waals surface area contributed by atoms with Gasteiger partial charge in [-0.3, -0.25) is 4.79 Å². The Hall–Kier alpha value is -4.15. The molecule has 0 atom stereocenters. The SMILES string of the molecule is COc1ccc(CN(c2ncc(Cl)c(-c3ccc4c(c3)C(=O)N(Cc3cc(C)no3)C4)n2)C2CCOCC2)c(OC)c1. The summed E-state index contributed by atoms with van der Waals surface area (Å²) in [6.07, 6.45) is 3.31. The minimum Gasteiger partial charge on any atom is -0.497 e. The monoisotopic (exact) mass is 589 g/mol. The zero-order valence-corrected chi connectivity index (χ0v) is 24.6. The van der Waals surface area contributed by atoms with E-state index in [0.717, 1.165) is 46.7 Å². The van der Waals surface area contributed by atoms with E-state index in [2.05, 4.69) is 15.0 Å². The number of amides is 1. The molecule has 2 aliphatic rings. The molecule has 0 bridgehead atoms. The summed E-state index contributed by atoms with van der Waals surface area (Å²) in [5.41, 5.74) is 4.66. The summed E-state index contributed by atoms with van der Waals surface area (Å²) in [7, 11) is 3.28. The Labute approximate surface area is 249 Å². The van der Waals surface area contributed by atoms with E-state index in [0.29, 0.717) is 60.8 Å². The number of hydrogen-bond acceptors (Lipinski definition) is 9. The summed E-state index contributed by atoms with van der Waals surface area (Å²) in [5.74, 6) is 2.58. The molecule has 42 heavy (non-hydrogen) atoms. The standard InChI is InChI=1S/C31H32ClN5O5/c1-19-12-25(42-35-19)18-36-16-21-5-4-20(13-26(21)30(36)38)29-27(32)15-33-31(34-29)37(23-8-10-41-11-9-23)17-22-6-7-24(39-2)14-28(22)40-3/h4-7,12-15,23H,8-11,16-18H2,1-3H3. The van der Waals surface area contributed by atoms with Gasteiger partial charge in [0, 0.05) is 61.2 Å². The molecule has 4 heterocycles. The quantitative estimate of drug-likeness (QED) is 0.252. The molecular formula is C31H32ClN5O5. The van der Waals surface area contributed by atoms with E-state index >= 15 is 0 Å². The Morgan fingerprint density at radius 2 is 1.93 bits per heavy atom. The predicted molar refractivity (Wildman–Crippen MR) is 157 cm³/mol. The van der Waals surface area contributed by atoms with Crippen molar-refractivity contribution in [3.63, 3.8) is 0 Å². The maximum absolute atomic E-state index is 13.3. The van der Waals surface area contributed by atoms with Gasteiger partial charge >= 0.3 is 0 Å². The number of hydrogen-bond donors (Lipinski definition) is 0. The van der Waals surface area contributed by atoms with Gasteiger partial charge in [-0.1, -0.05) is 28.9 Å². The molecular weight excluding hydrogens is 558 g/mol. The summed E-state index contributed by atoms with van der Waals surface area (Å²) in [6, 6.07) is 13.6. The molecule has 0 aliphatic carbocycles. The third-order valence-corrected chi connectivity index (χ3v) is 8.02. The molecule has 0 radical (unpaired) electrons. The first kappa shape index (κ1) is 28.0. The van der Waals surface area contributed by atoms with Crippen molar-refractivity contribution in [1.82, 2.24) is 20.0 Å². The van der Waals surface area contributed by atoms with Gasteiger partial charge in [-0.2, -0.15) is 0 Å². The van der Waals surface area contributed by atoms with E-state index in [-0.39, 0.29) is 11.9 Å². The van der Waals surface area contributed by atoms with E-state index in [9.17, 15) is 4.79 Å². The Balaban J connectivity index is 1.31. The van der Waals surface area contributed by atoms with Gasteiger partial charge in [-0.05, 0) is 43.5 Å². The van der Waals surface area contributed by atoms with E-state index in [4.69, 9.17) is 35.3 Å². The molecule has 0 saturated carbocycles. The van der Waals surface area contributed by atoms with Crippen LogP contribution in [0.25, 0.3) is 11.3 Å². The van der Waals surface area contributed by atoms with Crippen molar-refractivity contribution in [2.45, 2.75) is 45.4 Å². The first-order valence-electron chi connectivity index (χ1n) is 13.9. The highest BCUT2D eigenvalue weighted by atomic mass is 35.5. The van der Waals surface area contributed by atoms with Crippen molar-refractivity contribution in [2.24, 2.45) is 0 Å². The summed E-state index contributed by atoms with van der Waals surface area (Å²) >= 11 is 6.68. The second-order valence-electron chi connectivity index (χ2n) is 10.5. The molecule has 1 saturated heterocycles. The topological polar surface area (TPSA) is 103 Å². The predicted octanol–water partition coefficient (Wildman–Crippen LogP) is 5.45. The van der Waals surface area contributed by atoms with Gasteiger partial charge in [0.1, 0.15) is 11.5 Å². The lowest BCUT2D eigenvalue weighted by atomic mass is 10.0. The molecule has 0 unspecified atom stereocenters. The summed E-state index contributed by atoms with van der Waals surface area (Å²) in [6.45, 7) is 4.57. The number of aromatic nitrogens is 3. The fourth-order valence-electron chi connectivity index (χ4n) is 5.54. The molecule has 0 N–H and O–H groups in total. The number of aryl methyl sites for hydroxylation is 1. The van der Waals surface area contributed by atoms with Gasteiger partial charge < -0.3 is 28.5 Å². The number of anilines is 1. The van der Waals surface area contributed by atoms with Crippen LogP contribution in [-0.4, -0.2) is 59.4 Å². The highest BCUT2D eigenvalue weighted by Crippen LogP contribution is 2.34. The van der Waals surface area contributed by atoms with Crippen LogP contribution in [-0.2, 0) is 24.4 Å². The van der Waals surface area contributed by atoms with Gasteiger partial charge in [0.15, 0.2) is 5.76 Å². The minimum atomic E-state index is -0.0678. The van der Waals surface area contributed by atoms with E-state index < -0.39 is 0 Å². The van der Waals surface area contributed by atoms with Crippen molar-refractivity contribution in [3.8, 4) is 22.8 Å². The number of ether oxygens (including phenoxy) is 3. The Kier molecular flexibility index (Phi) is 7.99. The van der Waals surface area contributed by atoms with Gasteiger partial charge in [-0.15, -0.1) is 0 Å². The zero-order valence-electron chi connectivity index (χ0n) is 23.8. The number of halogens is 1. The van der Waals surface area contributed by atoms with Crippen LogP contribution in [0.5, 0.6) is 11.5 Å². The van der Waals surface area contributed by atoms with Gasteiger partial charge in [0.2, 0.25) is 5.95 Å². The molecule has 10 nitrogen and oxygen atoms in total. The van der Waals surface area contributed by atoms with Crippen LogP contribution in [0.1, 0.15) is 45.8 Å². The first-order valence-corrected chi connectivity index (χ1v) is 14.2. The van der Waals surface area contributed by atoms with E-state index in [1.165, 1.54) is 0 Å². The van der Waals surface area contributed by atoms with Crippen molar-refractivity contribution in [2.75, 3.05) is 32.3 Å². The number of rotatable bonds is 9. The molecule has 2 aromatic heterocycles. The number of methoxy groups -OCH3 is 2. The number of nitrogens with zero attached hydrogens (tertiary/aromatic N) is 5. The number of benzene rings is 2. The third-order valence-electron chi connectivity index (χ3n) is 7.74. The van der Waals surface area contributed by atoms with Gasteiger partial charge in [0.25, 0.3) is 5.91 Å². The normalized spacial score (nSPS) is 15.1. The lowest BCUT2D eigenvalue weighted by Crippen LogP contribution is -2.40. The fraction of sp³-hybridized carbons (Fsp3) is 0.355. The Bertz CT molecular complexity index is 1600. The average molecular weight is 590 g/mol. The molecule has 11 heteroatoms. The van der Waals surface area contributed by atoms with Gasteiger partial charge in [-0.25, -0.2) is 9.97 Å². The van der Waals surface area contributed by atoms with Crippen molar-refractivity contribution in [3.05, 3.63) is 81.8 Å². The lowest BCUT2D eigenvalue weighted by molar-refractivity contribution is 0.0751. The van der Waals surface area contributed by atoms with Crippen LogP contribution in [0.3, 0.4) is 0 Å². The van der Waals surface area contributed by atoms with Crippen LogP contribution < -0.4 is 14.4 Å².